The fourth-order valence-corrected chi connectivity index (χ4v) is 8.74. The van der Waals surface area contributed by atoms with Gasteiger partial charge in [-0.05, 0) is 79.4 Å². The maximum atomic E-state index is 13.4. The summed E-state index contributed by atoms with van der Waals surface area (Å²) in [7, 11) is -1.06. The second-order valence-corrected chi connectivity index (χ2v) is 15.9. The van der Waals surface area contributed by atoms with E-state index in [1.807, 2.05) is 67.7 Å². The van der Waals surface area contributed by atoms with Crippen LogP contribution in [0.2, 0.25) is 18.6 Å². The molecule has 1 saturated heterocycles. The van der Waals surface area contributed by atoms with Gasteiger partial charge >= 0.3 is 0 Å². The minimum atomic E-state index is -2.64. The highest BCUT2D eigenvalue weighted by molar-refractivity contribution is 6.71. The van der Waals surface area contributed by atoms with Crippen LogP contribution >= 0.6 is 0 Å². The van der Waals surface area contributed by atoms with Gasteiger partial charge in [-0.25, -0.2) is 0 Å². The molecule has 43 heavy (non-hydrogen) atoms. The van der Waals surface area contributed by atoms with Crippen LogP contribution in [0, 0.1) is 5.92 Å². The summed E-state index contributed by atoms with van der Waals surface area (Å²) in [4.78, 5) is 38.9. The number of anilines is 1. The van der Waals surface area contributed by atoms with Crippen LogP contribution in [-0.4, -0.2) is 67.4 Å². The number of carbonyl (C=O) groups is 2. The summed E-state index contributed by atoms with van der Waals surface area (Å²) in [5.41, 5.74) is 3.30. The van der Waals surface area contributed by atoms with E-state index >= 15 is 0 Å². The lowest BCUT2D eigenvalue weighted by atomic mass is 9.95. The number of methoxy groups -OCH3 is 1. The molecule has 0 saturated carbocycles. The highest BCUT2D eigenvalue weighted by Gasteiger charge is 2.50. The van der Waals surface area contributed by atoms with Gasteiger partial charge in [0.1, 0.15) is 5.75 Å². The number of rotatable bonds is 13. The van der Waals surface area contributed by atoms with Crippen LogP contribution in [0.3, 0.4) is 0 Å². The van der Waals surface area contributed by atoms with E-state index in [1.54, 1.807) is 36.3 Å². The van der Waals surface area contributed by atoms with Gasteiger partial charge < -0.3 is 29.6 Å². The molecule has 4 atom stereocenters. The first-order chi connectivity index (χ1) is 20.6. The van der Waals surface area contributed by atoms with Gasteiger partial charge in [0.25, 0.3) is 5.91 Å². The third kappa shape index (κ3) is 8.76. The molecule has 0 aliphatic carbocycles. The van der Waals surface area contributed by atoms with Gasteiger partial charge in [0.2, 0.25) is 5.91 Å². The average Bonchev–Trinajstić information content (AvgIpc) is 3.31. The van der Waals surface area contributed by atoms with E-state index in [4.69, 9.17) is 9.47 Å². The monoisotopic (exact) mass is 604 g/mol. The highest BCUT2D eigenvalue weighted by atomic mass is 28.4. The molecule has 8 nitrogen and oxygen atoms in total. The van der Waals surface area contributed by atoms with Crippen molar-refractivity contribution in [2.45, 2.75) is 63.6 Å². The molecule has 1 aliphatic heterocycles. The molecule has 3 N–H and O–H groups in total. The van der Waals surface area contributed by atoms with E-state index in [1.165, 1.54) is 0 Å². The fraction of sp³-hybridized carbons (Fsp3) is 0.412. The minimum absolute atomic E-state index is 0.0775. The SMILES string of the molecule is COc1ccc(C(=O)Nc2ccc(CC[C@H]3O[C@@H](CC(=O)N(CCO)Cc4ccccc4)[C@H]([Si](C)(C)O)[C@H]3C)cc2)cc1. The molecule has 0 bridgehead atoms. The van der Waals surface area contributed by atoms with Crippen molar-refractivity contribution in [2.24, 2.45) is 5.92 Å². The lowest BCUT2D eigenvalue weighted by molar-refractivity contribution is -0.135. The summed E-state index contributed by atoms with van der Waals surface area (Å²) >= 11 is 0. The Morgan fingerprint density at radius 2 is 1.63 bits per heavy atom. The Kier molecular flexibility index (Phi) is 11.1. The van der Waals surface area contributed by atoms with Crippen LogP contribution in [0.5, 0.6) is 5.75 Å². The number of carbonyl (C=O) groups excluding carboxylic acids is 2. The number of hydrogen-bond acceptors (Lipinski definition) is 6. The molecular formula is C34H44N2O6Si. The molecule has 0 unspecified atom stereocenters. The van der Waals surface area contributed by atoms with Crippen molar-refractivity contribution in [1.29, 1.82) is 0 Å². The van der Waals surface area contributed by atoms with Gasteiger partial charge in [0.15, 0.2) is 8.32 Å². The van der Waals surface area contributed by atoms with Crippen molar-refractivity contribution in [3.05, 3.63) is 95.6 Å². The molecular weight excluding hydrogens is 560 g/mol. The van der Waals surface area contributed by atoms with Crippen molar-refractivity contribution < 1.29 is 29.0 Å². The first kappa shape index (κ1) is 32.4. The Balaban J connectivity index is 1.36. The van der Waals surface area contributed by atoms with E-state index in [0.717, 1.165) is 24.0 Å². The number of aliphatic hydroxyl groups is 1. The van der Waals surface area contributed by atoms with Crippen LogP contribution in [0.4, 0.5) is 5.69 Å². The van der Waals surface area contributed by atoms with Gasteiger partial charge in [-0.2, -0.15) is 0 Å². The van der Waals surface area contributed by atoms with Crippen molar-refractivity contribution in [3.8, 4) is 5.75 Å². The molecule has 1 fully saturated rings. The van der Waals surface area contributed by atoms with Gasteiger partial charge in [-0.1, -0.05) is 49.4 Å². The second kappa shape index (κ2) is 14.8. The topological polar surface area (TPSA) is 108 Å². The third-order valence-corrected chi connectivity index (χ3v) is 10.8. The summed E-state index contributed by atoms with van der Waals surface area (Å²) in [5.74, 6) is 0.536. The molecule has 3 aromatic carbocycles. The Morgan fingerprint density at radius 3 is 2.23 bits per heavy atom. The molecule has 0 aromatic heterocycles. The zero-order chi connectivity index (χ0) is 31.0. The highest BCUT2D eigenvalue weighted by Crippen LogP contribution is 2.45. The number of aryl methyl sites for hydroxylation is 1. The summed E-state index contributed by atoms with van der Waals surface area (Å²) in [6.45, 7) is 6.53. The Bertz CT molecular complexity index is 1330. The van der Waals surface area contributed by atoms with Gasteiger partial charge in [0, 0.05) is 29.9 Å². The first-order valence-corrected chi connectivity index (χ1v) is 18.0. The van der Waals surface area contributed by atoms with E-state index in [0.29, 0.717) is 23.5 Å². The van der Waals surface area contributed by atoms with E-state index in [9.17, 15) is 19.5 Å². The third-order valence-electron chi connectivity index (χ3n) is 8.31. The lowest BCUT2D eigenvalue weighted by Gasteiger charge is -2.31. The predicted molar refractivity (Wildman–Crippen MR) is 171 cm³/mol. The Labute approximate surface area is 255 Å². The van der Waals surface area contributed by atoms with E-state index in [-0.39, 0.29) is 55.1 Å². The Morgan fingerprint density at radius 1 is 0.953 bits per heavy atom. The number of nitrogens with one attached hydrogen (secondary N) is 1. The summed E-state index contributed by atoms with van der Waals surface area (Å²) in [5, 5.41) is 12.5. The molecule has 0 spiro atoms. The van der Waals surface area contributed by atoms with Crippen LogP contribution in [0.1, 0.15) is 41.3 Å². The molecule has 1 aliphatic rings. The molecule has 3 aromatic rings. The van der Waals surface area contributed by atoms with E-state index < -0.39 is 8.32 Å². The first-order valence-electron chi connectivity index (χ1n) is 14.9. The van der Waals surface area contributed by atoms with Crippen LogP contribution < -0.4 is 10.1 Å². The number of nitrogens with zero attached hydrogens (tertiary/aromatic N) is 1. The van der Waals surface area contributed by atoms with Crippen LogP contribution in [-0.2, 0) is 22.5 Å². The normalized spacial score (nSPS) is 20.0. The molecule has 2 amide bonds. The maximum absolute atomic E-state index is 13.4. The van der Waals surface area contributed by atoms with Gasteiger partial charge in [-0.3, -0.25) is 9.59 Å². The standard InChI is InChI=1S/C34H44N2O6Si/c1-24-30(19-12-25-10-15-28(16-11-25)35-34(39)27-13-17-29(41-2)18-14-27)42-31(33(24)43(3,4)40)22-32(38)36(20-21-37)23-26-8-6-5-7-9-26/h5-11,13-18,24,30-31,33,37,40H,12,19-23H2,1-4H3,(H,35,39)/t24-,30+,31-,33+/m0/s1. The number of hydrogen-bond donors (Lipinski definition) is 3. The second-order valence-electron chi connectivity index (χ2n) is 11.9. The average molecular weight is 605 g/mol. The van der Waals surface area contributed by atoms with Crippen molar-refractivity contribution in [2.75, 3.05) is 25.6 Å². The largest absolute Gasteiger partial charge is 0.497 e. The number of ether oxygens (including phenoxy) is 2. The number of aliphatic hydroxyl groups excluding tert-OH is 1. The summed E-state index contributed by atoms with van der Waals surface area (Å²) < 4.78 is 11.7. The van der Waals surface area contributed by atoms with Crippen LogP contribution in [0.25, 0.3) is 0 Å². The fourth-order valence-electron chi connectivity index (χ4n) is 6.13. The van der Waals surface area contributed by atoms with Gasteiger partial charge in [0.05, 0.1) is 32.3 Å². The Hall–Kier alpha value is -3.50. The molecule has 230 valence electrons. The summed E-state index contributed by atoms with van der Waals surface area (Å²) in [6.07, 6.45) is 1.25. The lowest BCUT2D eigenvalue weighted by Crippen LogP contribution is -2.42. The van der Waals surface area contributed by atoms with Crippen molar-refractivity contribution >= 4 is 25.8 Å². The smallest absolute Gasteiger partial charge is 0.255 e. The number of benzene rings is 3. The molecule has 4 rings (SSSR count). The minimum Gasteiger partial charge on any atom is -0.497 e. The maximum Gasteiger partial charge on any atom is 0.255 e. The van der Waals surface area contributed by atoms with E-state index in [2.05, 4.69) is 12.2 Å². The molecule has 9 heteroatoms. The molecule has 1 heterocycles. The zero-order valence-electron chi connectivity index (χ0n) is 25.5. The van der Waals surface area contributed by atoms with Crippen LogP contribution in [0.15, 0.2) is 78.9 Å². The molecule has 0 radical (unpaired) electrons. The van der Waals surface area contributed by atoms with Gasteiger partial charge in [-0.15, -0.1) is 0 Å². The number of amides is 2. The van der Waals surface area contributed by atoms with Crippen molar-refractivity contribution in [1.82, 2.24) is 4.90 Å². The quantitative estimate of drug-likeness (QED) is 0.230. The summed E-state index contributed by atoms with van der Waals surface area (Å²) in [6, 6.07) is 24.5. The van der Waals surface area contributed by atoms with Crippen molar-refractivity contribution in [3.63, 3.8) is 0 Å². The predicted octanol–water partition coefficient (Wildman–Crippen LogP) is 5.26. The zero-order valence-corrected chi connectivity index (χ0v) is 26.5.